The van der Waals surface area contributed by atoms with Crippen molar-refractivity contribution < 1.29 is 14.3 Å². The van der Waals surface area contributed by atoms with Gasteiger partial charge in [-0.2, -0.15) is 4.98 Å². The van der Waals surface area contributed by atoms with E-state index in [2.05, 4.69) is 25.4 Å². The molecule has 2 atom stereocenters. The molecule has 0 aliphatic carbocycles. The van der Waals surface area contributed by atoms with Crippen molar-refractivity contribution in [1.82, 2.24) is 39.7 Å². The average Bonchev–Trinajstić information content (AvgIpc) is 3.48. The van der Waals surface area contributed by atoms with Gasteiger partial charge in [0.2, 0.25) is 11.7 Å². The Balaban J connectivity index is 1.41. The average molecular weight is 408 g/mol. The molecule has 2 fully saturated rings. The van der Waals surface area contributed by atoms with Crippen LogP contribution in [0.5, 0.6) is 0 Å². The molecule has 0 radical (unpaired) electrons. The topological polar surface area (TPSA) is 122 Å². The molecule has 2 aromatic heterocycles. The SMILES string of the molecule is CN1C(=O)CO[C@@H]2CN(C(=O)c3nc(-n4cnnc4)n[nH]3)CC[C@]21c1ccccc1. The van der Waals surface area contributed by atoms with Gasteiger partial charge in [0.05, 0.1) is 5.54 Å². The molecule has 1 N–H and O–H groups in total. The summed E-state index contributed by atoms with van der Waals surface area (Å²) in [5.74, 6) is 0.0831. The highest BCUT2D eigenvalue weighted by Crippen LogP contribution is 2.42. The van der Waals surface area contributed by atoms with Gasteiger partial charge in [-0.25, -0.2) is 0 Å². The lowest BCUT2D eigenvalue weighted by Gasteiger charge is -2.54. The number of hydrogen-bond acceptors (Lipinski definition) is 7. The number of aromatic nitrogens is 6. The molecule has 2 aliphatic heterocycles. The van der Waals surface area contributed by atoms with E-state index in [1.54, 1.807) is 9.80 Å². The van der Waals surface area contributed by atoms with E-state index in [4.69, 9.17) is 4.74 Å². The van der Waals surface area contributed by atoms with Crippen LogP contribution in [0.2, 0.25) is 0 Å². The largest absolute Gasteiger partial charge is 0.364 e. The Bertz CT molecular complexity index is 1070. The summed E-state index contributed by atoms with van der Waals surface area (Å²) in [6.45, 7) is 0.791. The molecular weight excluding hydrogens is 388 g/mol. The number of amides is 2. The summed E-state index contributed by atoms with van der Waals surface area (Å²) in [6, 6.07) is 9.85. The van der Waals surface area contributed by atoms with Crippen LogP contribution in [0.15, 0.2) is 43.0 Å². The molecule has 11 nitrogen and oxygen atoms in total. The molecule has 0 unspecified atom stereocenters. The molecule has 2 amide bonds. The van der Waals surface area contributed by atoms with Crippen LogP contribution in [0.3, 0.4) is 0 Å². The van der Waals surface area contributed by atoms with Crippen molar-refractivity contribution in [2.75, 3.05) is 26.7 Å². The first-order valence-electron chi connectivity index (χ1n) is 9.60. The third-order valence-corrected chi connectivity index (χ3v) is 5.95. The molecule has 3 aromatic rings. The van der Waals surface area contributed by atoms with Crippen molar-refractivity contribution in [2.45, 2.75) is 18.1 Å². The van der Waals surface area contributed by atoms with Crippen molar-refractivity contribution in [3.8, 4) is 5.95 Å². The Morgan fingerprint density at radius 1 is 1.23 bits per heavy atom. The molecule has 1 aromatic carbocycles. The summed E-state index contributed by atoms with van der Waals surface area (Å²) in [4.78, 5) is 33.2. The highest BCUT2D eigenvalue weighted by molar-refractivity contribution is 5.90. The number of carbonyl (C=O) groups is 2. The number of rotatable bonds is 3. The van der Waals surface area contributed by atoms with Gasteiger partial charge in [0.25, 0.3) is 11.9 Å². The molecule has 30 heavy (non-hydrogen) atoms. The predicted octanol–water partition coefficient (Wildman–Crippen LogP) is -0.0160. The number of fused-ring (bicyclic) bond motifs is 1. The van der Waals surface area contributed by atoms with Crippen LogP contribution >= 0.6 is 0 Å². The first kappa shape index (κ1) is 18.4. The molecule has 0 bridgehead atoms. The molecule has 0 spiro atoms. The van der Waals surface area contributed by atoms with Crippen LogP contribution in [-0.2, 0) is 15.1 Å². The minimum Gasteiger partial charge on any atom is -0.364 e. The number of likely N-dealkylation sites (tertiary alicyclic amines) is 1. The molecular formula is C19H20N8O3. The summed E-state index contributed by atoms with van der Waals surface area (Å²) in [6.07, 6.45) is 3.12. The summed E-state index contributed by atoms with van der Waals surface area (Å²) < 4.78 is 7.46. The van der Waals surface area contributed by atoms with Crippen LogP contribution in [0.1, 0.15) is 22.6 Å². The second-order valence-corrected chi connectivity index (χ2v) is 7.40. The van der Waals surface area contributed by atoms with E-state index >= 15 is 0 Å². The molecule has 5 rings (SSSR count). The number of nitrogens with zero attached hydrogens (tertiary/aromatic N) is 7. The minimum atomic E-state index is -0.609. The molecule has 2 saturated heterocycles. The Morgan fingerprint density at radius 3 is 2.77 bits per heavy atom. The smallest absolute Gasteiger partial charge is 0.291 e. The zero-order valence-electron chi connectivity index (χ0n) is 16.3. The maximum atomic E-state index is 13.1. The number of H-pyrrole nitrogens is 1. The Kier molecular flexibility index (Phi) is 4.31. The lowest BCUT2D eigenvalue weighted by atomic mass is 9.76. The van der Waals surface area contributed by atoms with Gasteiger partial charge in [-0.05, 0) is 12.0 Å². The maximum absolute atomic E-state index is 13.1. The van der Waals surface area contributed by atoms with Gasteiger partial charge in [-0.3, -0.25) is 19.3 Å². The number of aromatic amines is 1. The molecule has 0 saturated carbocycles. The summed E-state index contributed by atoms with van der Waals surface area (Å²) in [5, 5.41) is 14.2. The third kappa shape index (κ3) is 2.77. The van der Waals surface area contributed by atoms with Gasteiger partial charge >= 0.3 is 0 Å². The van der Waals surface area contributed by atoms with Crippen LogP contribution in [-0.4, -0.2) is 84.4 Å². The van der Waals surface area contributed by atoms with E-state index in [1.165, 1.54) is 17.2 Å². The van der Waals surface area contributed by atoms with E-state index in [-0.39, 0.29) is 30.3 Å². The van der Waals surface area contributed by atoms with Crippen LogP contribution in [0.25, 0.3) is 5.95 Å². The normalized spacial score (nSPS) is 24.0. The van der Waals surface area contributed by atoms with Gasteiger partial charge in [0, 0.05) is 20.1 Å². The number of piperidine rings is 1. The minimum absolute atomic E-state index is 0.00212. The zero-order chi connectivity index (χ0) is 20.7. The number of benzene rings is 1. The highest BCUT2D eigenvalue weighted by atomic mass is 16.5. The van der Waals surface area contributed by atoms with Gasteiger partial charge in [-0.1, -0.05) is 30.3 Å². The lowest BCUT2D eigenvalue weighted by molar-refractivity contribution is -0.180. The van der Waals surface area contributed by atoms with Crippen molar-refractivity contribution in [3.05, 3.63) is 54.4 Å². The fourth-order valence-electron chi connectivity index (χ4n) is 4.33. The second kappa shape index (κ2) is 7.02. The van der Waals surface area contributed by atoms with E-state index in [0.717, 1.165) is 5.56 Å². The summed E-state index contributed by atoms with van der Waals surface area (Å²) >= 11 is 0. The quantitative estimate of drug-likeness (QED) is 0.646. The predicted molar refractivity (Wildman–Crippen MR) is 102 cm³/mol. The Labute approximate surface area is 171 Å². The monoisotopic (exact) mass is 408 g/mol. The first-order chi connectivity index (χ1) is 14.6. The number of carbonyl (C=O) groups excluding carboxylic acids is 2. The molecule has 4 heterocycles. The number of likely N-dealkylation sites (N-methyl/N-ethyl adjacent to an activating group) is 1. The fraction of sp³-hybridized carbons (Fsp3) is 0.368. The van der Waals surface area contributed by atoms with E-state index in [1.807, 2.05) is 37.4 Å². The number of ether oxygens (including phenoxy) is 1. The standard InChI is InChI=1S/C19H20N8O3/c1-25-15(28)10-30-14-9-26(8-7-19(14,25)13-5-3-2-4-6-13)17(29)16-22-18(24-23-16)27-11-20-21-12-27/h2-6,11-12,14H,7-10H2,1H3,(H,22,23,24)/t14-,19+/m1/s1. The molecule has 11 heteroatoms. The zero-order valence-corrected chi connectivity index (χ0v) is 16.3. The number of nitrogens with one attached hydrogen (secondary N) is 1. The van der Waals surface area contributed by atoms with Gasteiger partial charge in [0.15, 0.2) is 0 Å². The van der Waals surface area contributed by atoms with Gasteiger partial charge in [-0.15, -0.1) is 15.3 Å². The van der Waals surface area contributed by atoms with Crippen LogP contribution in [0, 0.1) is 0 Å². The van der Waals surface area contributed by atoms with Crippen LogP contribution in [0.4, 0.5) is 0 Å². The van der Waals surface area contributed by atoms with Crippen molar-refractivity contribution in [3.63, 3.8) is 0 Å². The fourth-order valence-corrected chi connectivity index (χ4v) is 4.33. The Hall–Kier alpha value is -3.60. The maximum Gasteiger partial charge on any atom is 0.291 e. The summed E-state index contributed by atoms with van der Waals surface area (Å²) in [7, 11) is 1.81. The first-order valence-corrected chi connectivity index (χ1v) is 9.60. The number of morpholine rings is 1. The highest BCUT2D eigenvalue weighted by Gasteiger charge is 2.53. The number of hydrogen-bond donors (Lipinski definition) is 1. The van der Waals surface area contributed by atoms with Crippen molar-refractivity contribution in [2.24, 2.45) is 0 Å². The van der Waals surface area contributed by atoms with Crippen LogP contribution < -0.4 is 0 Å². The van der Waals surface area contributed by atoms with E-state index in [9.17, 15) is 9.59 Å². The van der Waals surface area contributed by atoms with Crippen molar-refractivity contribution >= 4 is 11.8 Å². The second-order valence-electron chi connectivity index (χ2n) is 7.40. The van der Waals surface area contributed by atoms with Crippen molar-refractivity contribution in [1.29, 1.82) is 0 Å². The lowest BCUT2D eigenvalue weighted by Crippen LogP contribution is -2.67. The van der Waals surface area contributed by atoms with E-state index in [0.29, 0.717) is 25.5 Å². The Morgan fingerprint density at radius 2 is 2.00 bits per heavy atom. The third-order valence-electron chi connectivity index (χ3n) is 5.95. The molecule has 154 valence electrons. The summed E-state index contributed by atoms with van der Waals surface area (Å²) in [5.41, 5.74) is 0.398. The molecule has 2 aliphatic rings. The van der Waals surface area contributed by atoms with E-state index < -0.39 is 5.54 Å². The van der Waals surface area contributed by atoms with Gasteiger partial charge in [0.1, 0.15) is 25.4 Å². The van der Waals surface area contributed by atoms with Gasteiger partial charge < -0.3 is 14.5 Å².